The summed E-state index contributed by atoms with van der Waals surface area (Å²) in [5.41, 5.74) is 4.24. The number of benzene rings is 2. The fourth-order valence-electron chi connectivity index (χ4n) is 3.56. The molecule has 1 aliphatic heterocycles. The molecule has 0 bridgehead atoms. The lowest BCUT2D eigenvalue weighted by atomic mass is 10.1. The molecule has 0 radical (unpaired) electrons. The highest BCUT2D eigenvalue weighted by Gasteiger charge is 2.26. The maximum Gasteiger partial charge on any atom is 0.331 e. The monoisotopic (exact) mass is 444 g/mol. The van der Waals surface area contributed by atoms with Gasteiger partial charge >= 0.3 is 5.95 Å². The Labute approximate surface area is 189 Å². The van der Waals surface area contributed by atoms with E-state index in [-0.39, 0.29) is 12.5 Å². The molecule has 2 aromatic heterocycles. The van der Waals surface area contributed by atoms with E-state index in [4.69, 9.17) is 16.3 Å². The minimum Gasteiger partial charge on any atom is -0.482 e. The lowest BCUT2D eigenvalue weighted by Gasteiger charge is -2.29. The number of ether oxygens (including phenoxy) is 1. The fourth-order valence-corrected chi connectivity index (χ4v) is 3.75. The summed E-state index contributed by atoms with van der Waals surface area (Å²) in [6.45, 7) is 0.461. The Morgan fingerprint density at radius 3 is 2.75 bits per heavy atom. The summed E-state index contributed by atoms with van der Waals surface area (Å²) in [4.78, 5) is 27.5. The van der Waals surface area contributed by atoms with Crippen molar-refractivity contribution in [3.63, 3.8) is 0 Å². The number of amides is 1. The minimum absolute atomic E-state index is 0.0175. The number of carbonyl (C=O) groups excluding carboxylic acids is 1. The Morgan fingerprint density at radius 2 is 1.91 bits per heavy atom. The predicted octanol–water partition coefficient (Wildman–Crippen LogP) is 3.64. The van der Waals surface area contributed by atoms with E-state index in [1.165, 1.54) is 0 Å². The van der Waals surface area contributed by atoms with Crippen LogP contribution in [-0.4, -0.2) is 27.5 Å². The van der Waals surface area contributed by atoms with Gasteiger partial charge in [-0.05, 0) is 54.1 Å². The maximum atomic E-state index is 12.6. The molecular formula is C24H19ClN5O2+. The minimum atomic E-state index is -0.0934. The van der Waals surface area contributed by atoms with Crippen molar-refractivity contribution in [2.45, 2.75) is 6.54 Å². The van der Waals surface area contributed by atoms with Crippen molar-refractivity contribution in [2.24, 2.45) is 0 Å². The fraction of sp³-hybridized carbons (Fsp3) is 0.0833. The quantitative estimate of drug-likeness (QED) is 0.475. The number of nitrogens with two attached hydrogens (primary N) is 1. The van der Waals surface area contributed by atoms with Gasteiger partial charge in [0.25, 0.3) is 5.91 Å². The van der Waals surface area contributed by atoms with Gasteiger partial charge in [-0.2, -0.15) is 9.97 Å². The Hall–Kier alpha value is -3.81. The molecule has 0 saturated carbocycles. The molecule has 5 rings (SSSR count). The molecule has 1 amide bonds. The molecule has 4 aromatic rings. The summed E-state index contributed by atoms with van der Waals surface area (Å²) >= 11 is 6.08. The zero-order valence-electron chi connectivity index (χ0n) is 17.0. The third-order valence-corrected chi connectivity index (χ3v) is 5.34. The third kappa shape index (κ3) is 4.30. The number of nitrogens with zero attached hydrogens (tertiary/aromatic N) is 4. The van der Waals surface area contributed by atoms with Gasteiger partial charge in [-0.1, -0.05) is 17.7 Å². The van der Waals surface area contributed by atoms with Crippen LogP contribution in [0, 0.1) is 0 Å². The number of quaternary nitrogens is 1. The molecule has 0 atom stereocenters. The molecule has 2 aromatic carbocycles. The van der Waals surface area contributed by atoms with Crippen molar-refractivity contribution in [1.29, 1.82) is 0 Å². The number of carbonyl (C=O) groups is 1. The van der Waals surface area contributed by atoms with Gasteiger partial charge in [0.1, 0.15) is 11.4 Å². The van der Waals surface area contributed by atoms with E-state index in [0.717, 1.165) is 28.2 Å². The highest BCUT2D eigenvalue weighted by Crippen LogP contribution is 2.36. The molecule has 7 nitrogen and oxygen atoms in total. The first-order valence-electron chi connectivity index (χ1n) is 10.1. The van der Waals surface area contributed by atoms with Gasteiger partial charge in [-0.25, -0.2) is 5.32 Å². The van der Waals surface area contributed by atoms with E-state index in [0.29, 0.717) is 23.3 Å². The molecule has 0 unspecified atom stereocenters. The van der Waals surface area contributed by atoms with Crippen molar-refractivity contribution in [1.82, 2.24) is 15.0 Å². The molecule has 3 heterocycles. The van der Waals surface area contributed by atoms with Crippen LogP contribution >= 0.6 is 11.6 Å². The van der Waals surface area contributed by atoms with Gasteiger partial charge in [0.05, 0.1) is 17.9 Å². The molecule has 32 heavy (non-hydrogen) atoms. The van der Waals surface area contributed by atoms with Crippen molar-refractivity contribution in [3.8, 4) is 17.0 Å². The lowest BCUT2D eigenvalue weighted by molar-refractivity contribution is -0.487. The number of aromatic nitrogens is 3. The number of rotatable bonds is 5. The van der Waals surface area contributed by atoms with Crippen LogP contribution in [0.3, 0.4) is 0 Å². The molecule has 0 aliphatic carbocycles. The average molecular weight is 445 g/mol. The van der Waals surface area contributed by atoms with Gasteiger partial charge in [0, 0.05) is 35.2 Å². The number of anilines is 1. The molecule has 1 aliphatic rings. The topological polar surface area (TPSA) is 84.8 Å². The Kier molecular flexibility index (Phi) is 5.49. The van der Waals surface area contributed by atoms with Crippen LogP contribution in [0.25, 0.3) is 11.3 Å². The lowest BCUT2D eigenvalue weighted by Crippen LogP contribution is -2.72. The van der Waals surface area contributed by atoms with E-state index in [1.807, 2.05) is 66.0 Å². The van der Waals surface area contributed by atoms with Crippen LogP contribution in [0.2, 0.25) is 5.02 Å². The summed E-state index contributed by atoms with van der Waals surface area (Å²) in [6.07, 6.45) is 5.15. The van der Waals surface area contributed by atoms with Crippen LogP contribution < -0.4 is 15.0 Å². The van der Waals surface area contributed by atoms with Crippen LogP contribution in [0.15, 0.2) is 79.3 Å². The second kappa shape index (κ2) is 8.74. The molecule has 2 N–H and O–H groups in total. The highest BCUT2D eigenvalue weighted by atomic mass is 35.5. The van der Waals surface area contributed by atoms with E-state index in [2.05, 4.69) is 15.0 Å². The van der Waals surface area contributed by atoms with Gasteiger partial charge in [-0.15, -0.1) is 0 Å². The second-order valence-corrected chi connectivity index (χ2v) is 7.74. The maximum absolute atomic E-state index is 12.6. The highest BCUT2D eigenvalue weighted by molar-refractivity contribution is 6.30. The zero-order chi connectivity index (χ0) is 21.9. The van der Waals surface area contributed by atoms with Crippen LogP contribution in [0.1, 0.15) is 5.56 Å². The van der Waals surface area contributed by atoms with Crippen LogP contribution in [0.5, 0.6) is 5.75 Å². The molecule has 0 fully saturated rings. The summed E-state index contributed by atoms with van der Waals surface area (Å²) < 4.78 is 5.65. The smallest absolute Gasteiger partial charge is 0.331 e. The molecule has 0 spiro atoms. The summed E-state index contributed by atoms with van der Waals surface area (Å²) in [5, 5.41) is 2.53. The average Bonchev–Trinajstić information content (AvgIpc) is 2.81. The van der Waals surface area contributed by atoms with E-state index in [9.17, 15) is 4.79 Å². The summed E-state index contributed by atoms with van der Waals surface area (Å²) in [6, 6.07) is 18.9. The van der Waals surface area contributed by atoms with Crippen molar-refractivity contribution < 1.29 is 14.8 Å². The van der Waals surface area contributed by atoms with Crippen LogP contribution in [-0.2, 0) is 11.3 Å². The van der Waals surface area contributed by atoms with Gasteiger partial charge in [-0.3, -0.25) is 9.78 Å². The Balaban J connectivity index is 1.46. The standard InChI is InChI=1S/C24H18ClN5O2/c25-18-2-1-3-19(13-18)28-24-27-11-8-20(29-24)17-4-5-22-21(12-17)30(23(31)15-32-22)14-16-6-9-26-10-7-16/h1-13H,14-15H2,(H,27,28,29)/p+1. The predicted molar refractivity (Wildman–Crippen MR) is 121 cm³/mol. The normalized spacial score (nSPS) is 12.9. The number of hydrogen-bond donors (Lipinski definition) is 1. The SMILES string of the molecule is O=C1COc2ccc(-c3ccnc([NH2+]c4cccc(Cl)c4)n3)cc2N1Cc1ccncc1. The summed E-state index contributed by atoms with van der Waals surface area (Å²) in [5.74, 6) is 1.15. The van der Waals surface area contributed by atoms with Crippen molar-refractivity contribution in [3.05, 3.63) is 89.8 Å². The van der Waals surface area contributed by atoms with E-state index in [1.54, 1.807) is 23.5 Å². The molecule has 0 saturated heterocycles. The van der Waals surface area contributed by atoms with Gasteiger partial charge in [0.15, 0.2) is 6.61 Å². The summed E-state index contributed by atoms with van der Waals surface area (Å²) in [7, 11) is 0. The largest absolute Gasteiger partial charge is 0.482 e. The number of pyridine rings is 1. The Bertz CT molecular complexity index is 1280. The van der Waals surface area contributed by atoms with E-state index >= 15 is 0 Å². The number of hydrogen-bond acceptors (Lipinski definition) is 5. The number of fused-ring (bicyclic) bond motifs is 1. The molecule has 8 heteroatoms. The first-order chi connectivity index (χ1) is 15.7. The van der Waals surface area contributed by atoms with Crippen molar-refractivity contribution in [2.75, 3.05) is 11.5 Å². The first kappa shape index (κ1) is 20.1. The Morgan fingerprint density at radius 1 is 1.03 bits per heavy atom. The first-order valence-corrected chi connectivity index (χ1v) is 10.4. The zero-order valence-corrected chi connectivity index (χ0v) is 17.7. The van der Waals surface area contributed by atoms with Gasteiger partial charge < -0.3 is 9.64 Å². The number of halogens is 1. The van der Waals surface area contributed by atoms with Crippen molar-refractivity contribution >= 4 is 34.8 Å². The molecule has 158 valence electrons. The van der Waals surface area contributed by atoms with Gasteiger partial charge in [0.2, 0.25) is 0 Å². The van der Waals surface area contributed by atoms with E-state index < -0.39 is 0 Å². The third-order valence-electron chi connectivity index (χ3n) is 5.11. The second-order valence-electron chi connectivity index (χ2n) is 7.31. The van der Waals surface area contributed by atoms with Crippen LogP contribution in [0.4, 0.5) is 17.3 Å². The molecular weight excluding hydrogens is 426 g/mol.